The summed E-state index contributed by atoms with van der Waals surface area (Å²) in [7, 11) is -0.475. The van der Waals surface area contributed by atoms with Crippen LogP contribution in [0.2, 0.25) is 0 Å². The number of rotatable bonds is 3. The SMILES string of the molecule is CC1(Oc2cc3c(B4OC(C)(C)C(C)(C)O4)[nH]nc3cn2)CC1. The molecular weight excluding hydrogens is 293 g/mol. The highest BCUT2D eigenvalue weighted by Crippen LogP contribution is 2.39. The molecule has 3 heterocycles. The van der Waals surface area contributed by atoms with Crippen LogP contribution in [0, 0.1) is 0 Å². The van der Waals surface area contributed by atoms with Crippen molar-refractivity contribution >= 4 is 23.6 Å². The molecule has 0 aromatic carbocycles. The lowest BCUT2D eigenvalue weighted by molar-refractivity contribution is 0.00578. The van der Waals surface area contributed by atoms with Crippen LogP contribution in [0.1, 0.15) is 47.5 Å². The van der Waals surface area contributed by atoms with Crippen LogP contribution in [-0.4, -0.2) is 39.1 Å². The third-order valence-electron chi connectivity index (χ3n) is 5.24. The van der Waals surface area contributed by atoms with Gasteiger partial charge >= 0.3 is 7.12 Å². The number of H-pyrrole nitrogens is 1. The van der Waals surface area contributed by atoms with Gasteiger partial charge in [0.2, 0.25) is 5.88 Å². The van der Waals surface area contributed by atoms with E-state index in [0.717, 1.165) is 29.3 Å². The average molecular weight is 315 g/mol. The molecule has 0 radical (unpaired) electrons. The minimum Gasteiger partial charge on any atom is -0.471 e. The molecule has 23 heavy (non-hydrogen) atoms. The van der Waals surface area contributed by atoms with Crippen LogP contribution >= 0.6 is 0 Å². The van der Waals surface area contributed by atoms with Crippen LogP contribution in [0.4, 0.5) is 0 Å². The summed E-state index contributed by atoms with van der Waals surface area (Å²) in [5.41, 5.74) is 0.760. The van der Waals surface area contributed by atoms with E-state index in [2.05, 4.69) is 22.1 Å². The van der Waals surface area contributed by atoms with E-state index in [-0.39, 0.29) is 16.8 Å². The predicted octanol–water partition coefficient (Wildman–Crippen LogP) is 2.19. The minimum atomic E-state index is -0.475. The fourth-order valence-corrected chi connectivity index (χ4v) is 2.64. The number of hydrogen-bond acceptors (Lipinski definition) is 5. The molecule has 1 aliphatic carbocycles. The van der Waals surface area contributed by atoms with Gasteiger partial charge in [-0.25, -0.2) is 4.98 Å². The number of fused-ring (bicyclic) bond motifs is 1. The van der Waals surface area contributed by atoms with Crippen LogP contribution in [-0.2, 0) is 9.31 Å². The molecule has 0 unspecified atom stereocenters. The van der Waals surface area contributed by atoms with E-state index in [1.807, 2.05) is 33.8 Å². The molecule has 1 aliphatic heterocycles. The van der Waals surface area contributed by atoms with Gasteiger partial charge < -0.3 is 14.0 Å². The number of hydrogen-bond donors (Lipinski definition) is 1. The van der Waals surface area contributed by atoms with Gasteiger partial charge in [0.25, 0.3) is 0 Å². The molecule has 2 aromatic heterocycles. The summed E-state index contributed by atoms with van der Waals surface area (Å²) in [6.07, 6.45) is 3.87. The first-order chi connectivity index (χ1) is 10.7. The molecule has 122 valence electrons. The Kier molecular flexibility index (Phi) is 2.92. The summed E-state index contributed by atoms with van der Waals surface area (Å²) >= 11 is 0. The van der Waals surface area contributed by atoms with E-state index >= 15 is 0 Å². The zero-order valence-corrected chi connectivity index (χ0v) is 14.3. The lowest BCUT2D eigenvalue weighted by Gasteiger charge is -2.32. The van der Waals surface area contributed by atoms with Crippen molar-refractivity contribution in [1.29, 1.82) is 0 Å². The van der Waals surface area contributed by atoms with Crippen molar-refractivity contribution in [2.75, 3.05) is 0 Å². The van der Waals surface area contributed by atoms with Crippen molar-refractivity contribution in [2.24, 2.45) is 0 Å². The molecule has 2 aliphatic rings. The monoisotopic (exact) mass is 315 g/mol. The van der Waals surface area contributed by atoms with E-state index in [1.165, 1.54) is 0 Å². The van der Waals surface area contributed by atoms with Crippen LogP contribution < -0.4 is 10.3 Å². The molecule has 2 fully saturated rings. The van der Waals surface area contributed by atoms with Gasteiger partial charge in [0.1, 0.15) is 11.1 Å². The summed E-state index contributed by atoms with van der Waals surface area (Å²) in [5.74, 6) is 0.622. The van der Waals surface area contributed by atoms with Crippen LogP contribution in [0.15, 0.2) is 12.3 Å². The van der Waals surface area contributed by atoms with Crippen molar-refractivity contribution in [1.82, 2.24) is 15.2 Å². The predicted molar refractivity (Wildman–Crippen MR) is 87.9 cm³/mol. The van der Waals surface area contributed by atoms with Gasteiger partial charge in [-0.05, 0) is 47.5 Å². The summed E-state index contributed by atoms with van der Waals surface area (Å²) in [6.45, 7) is 10.2. The van der Waals surface area contributed by atoms with E-state index in [1.54, 1.807) is 6.20 Å². The highest BCUT2D eigenvalue weighted by Gasteiger charge is 2.53. The number of ether oxygens (including phenoxy) is 1. The third-order valence-corrected chi connectivity index (χ3v) is 5.24. The van der Waals surface area contributed by atoms with Gasteiger partial charge in [0, 0.05) is 11.5 Å². The van der Waals surface area contributed by atoms with Gasteiger partial charge in [-0.2, -0.15) is 5.10 Å². The van der Waals surface area contributed by atoms with Crippen molar-refractivity contribution < 1.29 is 14.0 Å². The Morgan fingerprint density at radius 3 is 2.39 bits per heavy atom. The van der Waals surface area contributed by atoms with Gasteiger partial charge in [0.05, 0.1) is 23.0 Å². The van der Waals surface area contributed by atoms with Crippen molar-refractivity contribution in [3.05, 3.63) is 12.3 Å². The lowest BCUT2D eigenvalue weighted by atomic mass is 9.83. The van der Waals surface area contributed by atoms with Gasteiger partial charge in [0.15, 0.2) is 0 Å². The molecular formula is C16H22BN3O3. The van der Waals surface area contributed by atoms with E-state index in [9.17, 15) is 0 Å². The highest BCUT2D eigenvalue weighted by molar-refractivity contribution is 6.64. The summed E-state index contributed by atoms with van der Waals surface area (Å²) < 4.78 is 18.2. The maximum absolute atomic E-state index is 6.11. The molecule has 0 bridgehead atoms. The molecule has 4 rings (SSSR count). The number of aromatic amines is 1. The second kappa shape index (κ2) is 4.48. The standard InChI is InChI=1S/C16H22BN3O3/c1-14(2)15(3,4)23-17(22-14)13-10-8-12(21-16(5)6-7-16)18-9-11(10)19-20-13/h8-9H,6-7H2,1-5H3,(H,19,20). The molecule has 0 atom stereocenters. The quantitative estimate of drug-likeness (QED) is 0.879. The topological polar surface area (TPSA) is 69.3 Å². The number of pyridine rings is 1. The number of nitrogens with one attached hydrogen (secondary N) is 1. The largest absolute Gasteiger partial charge is 0.514 e. The second-order valence-electron chi connectivity index (χ2n) is 7.82. The molecule has 2 aromatic rings. The second-order valence-corrected chi connectivity index (χ2v) is 7.82. The zero-order valence-electron chi connectivity index (χ0n) is 14.3. The van der Waals surface area contributed by atoms with Crippen LogP contribution in [0.25, 0.3) is 10.9 Å². The zero-order chi connectivity index (χ0) is 16.5. The Bertz CT molecular complexity index is 751. The Labute approximate surface area is 136 Å². The third kappa shape index (κ3) is 2.42. The molecule has 6 nitrogen and oxygen atoms in total. The minimum absolute atomic E-state index is 0.0606. The van der Waals surface area contributed by atoms with E-state index < -0.39 is 7.12 Å². The van der Waals surface area contributed by atoms with Gasteiger partial charge in [-0.3, -0.25) is 5.10 Å². The Morgan fingerprint density at radius 1 is 1.13 bits per heavy atom. The van der Waals surface area contributed by atoms with Crippen molar-refractivity contribution in [3.63, 3.8) is 0 Å². The van der Waals surface area contributed by atoms with Crippen molar-refractivity contribution in [3.8, 4) is 5.88 Å². The first-order valence-electron chi connectivity index (χ1n) is 8.08. The first-order valence-corrected chi connectivity index (χ1v) is 8.08. The summed E-state index contributed by atoms with van der Waals surface area (Å²) in [5, 5.41) is 8.28. The normalized spacial score (nSPS) is 24.1. The lowest BCUT2D eigenvalue weighted by Crippen LogP contribution is -2.41. The highest BCUT2D eigenvalue weighted by atomic mass is 16.7. The molecule has 0 spiro atoms. The number of nitrogens with zero attached hydrogens (tertiary/aromatic N) is 2. The Morgan fingerprint density at radius 2 is 1.78 bits per heavy atom. The molecule has 0 amide bonds. The van der Waals surface area contributed by atoms with Crippen LogP contribution in [0.5, 0.6) is 5.88 Å². The van der Waals surface area contributed by atoms with E-state index in [0.29, 0.717) is 5.88 Å². The maximum Gasteiger partial charge on any atom is 0.514 e. The Balaban J connectivity index is 1.69. The molecule has 1 N–H and O–H groups in total. The Hall–Kier alpha value is -1.60. The average Bonchev–Trinajstić information content (AvgIpc) is 2.93. The summed E-state index contributed by atoms with van der Waals surface area (Å²) in [4.78, 5) is 4.34. The summed E-state index contributed by atoms with van der Waals surface area (Å²) in [6, 6.07) is 1.92. The molecule has 1 saturated heterocycles. The fourth-order valence-electron chi connectivity index (χ4n) is 2.64. The molecule has 1 saturated carbocycles. The van der Waals surface area contributed by atoms with Crippen molar-refractivity contribution in [2.45, 2.75) is 64.3 Å². The smallest absolute Gasteiger partial charge is 0.471 e. The fraction of sp³-hybridized carbons (Fsp3) is 0.625. The van der Waals surface area contributed by atoms with Crippen LogP contribution in [0.3, 0.4) is 0 Å². The number of aromatic nitrogens is 3. The van der Waals surface area contributed by atoms with Gasteiger partial charge in [-0.15, -0.1) is 0 Å². The molecule has 7 heteroatoms. The van der Waals surface area contributed by atoms with Gasteiger partial charge in [-0.1, -0.05) is 0 Å². The first kappa shape index (κ1) is 15.0. The van der Waals surface area contributed by atoms with E-state index in [4.69, 9.17) is 14.0 Å². The maximum atomic E-state index is 6.11.